The maximum absolute atomic E-state index is 11.2. The largest absolute Gasteiger partial charge is 0.469 e. The van der Waals surface area contributed by atoms with Crippen LogP contribution in [0.2, 0.25) is 0 Å². The number of rotatable bonds is 7. The molecule has 1 unspecified atom stereocenters. The Hall–Kier alpha value is -0.960. The number of ether oxygens (including phenoxy) is 1. The SMILES string of the molecule is COC(=O)C(C)CSCCCc1ccccc1. The molecule has 0 heterocycles. The van der Waals surface area contributed by atoms with Crippen molar-refractivity contribution in [1.82, 2.24) is 0 Å². The molecule has 0 radical (unpaired) electrons. The highest BCUT2D eigenvalue weighted by atomic mass is 32.2. The van der Waals surface area contributed by atoms with Crippen LogP contribution in [0.25, 0.3) is 0 Å². The van der Waals surface area contributed by atoms with Gasteiger partial charge in [-0.15, -0.1) is 0 Å². The van der Waals surface area contributed by atoms with Gasteiger partial charge in [0.1, 0.15) is 0 Å². The minimum absolute atomic E-state index is 0.00160. The van der Waals surface area contributed by atoms with E-state index in [1.807, 2.05) is 24.8 Å². The molecular weight excluding hydrogens is 232 g/mol. The number of hydrogen-bond donors (Lipinski definition) is 0. The van der Waals surface area contributed by atoms with E-state index in [1.165, 1.54) is 12.7 Å². The van der Waals surface area contributed by atoms with Crippen LogP contribution in [0, 0.1) is 5.92 Å². The monoisotopic (exact) mass is 252 g/mol. The molecule has 2 nitrogen and oxygen atoms in total. The number of aryl methyl sites for hydroxylation is 1. The molecule has 0 bridgehead atoms. The maximum Gasteiger partial charge on any atom is 0.309 e. The first-order valence-corrected chi connectivity index (χ1v) is 7.09. The van der Waals surface area contributed by atoms with Crippen LogP contribution in [-0.2, 0) is 16.0 Å². The predicted octanol–water partition coefficient (Wildman–Crippen LogP) is 3.16. The van der Waals surface area contributed by atoms with Gasteiger partial charge in [-0.2, -0.15) is 11.8 Å². The lowest BCUT2D eigenvalue weighted by Gasteiger charge is -2.08. The highest BCUT2D eigenvalue weighted by molar-refractivity contribution is 7.99. The van der Waals surface area contributed by atoms with Gasteiger partial charge in [-0.25, -0.2) is 0 Å². The van der Waals surface area contributed by atoms with Crippen molar-refractivity contribution in [2.45, 2.75) is 19.8 Å². The van der Waals surface area contributed by atoms with Crippen LogP contribution in [0.5, 0.6) is 0 Å². The van der Waals surface area contributed by atoms with Crippen LogP contribution in [0.1, 0.15) is 18.9 Å². The fraction of sp³-hybridized carbons (Fsp3) is 0.500. The molecule has 0 aliphatic rings. The second-order valence-electron chi connectivity index (χ2n) is 4.09. The topological polar surface area (TPSA) is 26.3 Å². The summed E-state index contributed by atoms with van der Waals surface area (Å²) in [4.78, 5) is 11.2. The lowest BCUT2D eigenvalue weighted by molar-refractivity contribution is -0.143. The van der Waals surface area contributed by atoms with Crippen LogP contribution in [0.15, 0.2) is 30.3 Å². The maximum atomic E-state index is 11.2. The van der Waals surface area contributed by atoms with Crippen LogP contribution in [0.3, 0.4) is 0 Å². The zero-order valence-electron chi connectivity index (χ0n) is 10.5. The van der Waals surface area contributed by atoms with Crippen LogP contribution in [-0.4, -0.2) is 24.6 Å². The summed E-state index contributed by atoms with van der Waals surface area (Å²) in [6, 6.07) is 10.5. The highest BCUT2D eigenvalue weighted by Gasteiger charge is 2.12. The van der Waals surface area contributed by atoms with E-state index in [0.717, 1.165) is 24.3 Å². The summed E-state index contributed by atoms with van der Waals surface area (Å²) in [5.74, 6) is 1.83. The van der Waals surface area contributed by atoms with Crippen molar-refractivity contribution in [1.29, 1.82) is 0 Å². The van der Waals surface area contributed by atoms with Crippen molar-refractivity contribution in [2.75, 3.05) is 18.6 Å². The zero-order valence-corrected chi connectivity index (χ0v) is 11.3. The Morgan fingerprint density at radius 3 is 2.71 bits per heavy atom. The zero-order chi connectivity index (χ0) is 12.5. The van der Waals surface area contributed by atoms with Crippen molar-refractivity contribution in [2.24, 2.45) is 5.92 Å². The highest BCUT2D eigenvalue weighted by Crippen LogP contribution is 2.12. The van der Waals surface area contributed by atoms with Crippen molar-refractivity contribution in [3.8, 4) is 0 Å². The van der Waals surface area contributed by atoms with Crippen molar-refractivity contribution < 1.29 is 9.53 Å². The Morgan fingerprint density at radius 1 is 1.35 bits per heavy atom. The Labute approximate surface area is 108 Å². The molecule has 0 aliphatic carbocycles. The summed E-state index contributed by atoms with van der Waals surface area (Å²) in [7, 11) is 1.44. The van der Waals surface area contributed by atoms with Gasteiger partial charge in [-0.05, 0) is 24.2 Å². The first-order valence-electron chi connectivity index (χ1n) is 5.93. The Kier molecular flexibility index (Phi) is 6.78. The molecule has 0 saturated carbocycles. The van der Waals surface area contributed by atoms with Crippen molar-refractivity contribution in [3.05, 3.63) is 35.9 Å². The molecule has 1 rings (SSSR count). The van der Waals surface area contributed by atoms with Gasteiger partial charge in [0.05, 0.1) is 13.0 Å². The van der Waals surface area contributed by atoms with E-state index in [1.54, 1.807) is 0 Å². The van der Waals surface area contributed by atoms with E-state index in [2.05, 4.69) is 29.0 Å². The standard InChI is InChI=1S/C14H20O2S/c1-12(14(15)16-2)11-17-10-6-9-13-7-4-3-5-8-13/h3-5,7-8,12H,6,9-11H2,1-2H3. The van der Waals surface area contributed by atoms with Gasteiger partial charge in [0.15, 0.2) is 0 Å². The smallest absolute Gasteiger partial charge is 0.309 e. The van der Waals surface area contributed by atoms with Crippen LogP contribution >= 0.6 is 11.8 Å². The quantitative estimate of drug-likeness (QED) is 0.551. The summed E-state index contributed by atoms with van der Waals surface area (Å²) in [5, 5.41) is 0. The number of hydrogen-bond acceptors (Lipinski definition) is 3. The second-order valence-corrected chi connectivity index (χ2v) is 5.24. The third-order valence-electron chi connectivity index (χ3n) is 2.57. The van der Waals surface area contributed by atoms with Gasteiger partial charge in [0.25, 0.3) is 0 Å². The number of methoxy groups -OCH3 is 1. The van der Waals surface area contributed by atoms with Gasteiger partial charge < -0.3 is 4.74 Å². The molecule has 1 aromatic carbocycles. The Morgan fingerprint density at radius 2 is 2.06 bits per heavy atom. The average Bonchev–Trinajstić information content (AvgIpc) is 2.38. The molecule has 0 fully saturated rings. The van der Waals surface area contributed by atoms with E-state index >= 15 is 0 Å². The van der Waals surface area contributed by atoms with Gasteiger partial charge in [0.2, 0.25) is 0 Å². The average molecular weight is 252 g/mol. The third kappa shape index (κ3) is 5.78. The Balaban J connectivity index is 2.07. The summed E-state index contributed by atoms with van der Waals surface area (Å²) in [6.07, 6.45) is 2.27. The number of benzene rings is 1. The number of carbonyl (C=O) groups is 1. The molecule has 0 saturated heterocycles. The normalized spacial score (nSPS) is 12.1. The molecule has 0 N–H and O–H groups in total. The lowest BCUT2D eigenvalue weighted by atomic mass is 10.1. The molecule has 17 heavy (non-hydrogen) atoms. The third-order valence-corrected chi connectivity index (χ3v) is 3.88. The number of thioether (sulfide) groups is 1. The lowest BCUT2D eigenvalue weighted by Crippen LogP contribution is -2.15. The van der Waals surface area contributed by atoms with E-state index < -0.39 is 0 Å². The number of esters is 1. The molecule has 94 valence electrons. The minimum Gasteiger partial charge on any atom is -0.469 e. The van der Waals surface area contributed by atoms with Crippen LogP contribution in [0.4, 0.5) is 0 Å². The molecule has 1 atom stereocenters. The predicted molar refractivity (Wildman–Crippen MR) is 73.3 cm³/mol. The van der Waals surface area contributed by atoms with E-state index in [9.17, 15) is 4.79 Å². The Bertz CT molecular complexity index is 324. The first-order chi connectivity index (χ1) is 8.24. The fourth-order valence-corrected chi connectivity index (χ4v) is 2.56. The van der Waals surface area contributed by atoms with E-state index in [4.69, 9.17) is 0 Å². The summed E-state index contributed by atoms with van der Waals surface area (Å²) in [5.41, 5.74) is 1.38. The van der Waals surface area contributed by atoms with Crippen molar-refractivity contribution >= 4 is 17.7 Å². The molecule has 3 heteroatoms. The molecule has 0 spiro atoms. The van der Waals surface area contributed by atoms with Crippen LogP contribution < -0.4 is 0 Å². The van der Waals surface area contributed by atoms with Gasteiger partial charge >= 0.3 is 5.97 Å². The van der Waals surface area contributed by atoms with Gasteiger partial charge in [-0.1, -0.05) is 37.3 Å². The summed E-state index contributed by atoms with van der Waals surface area (Å²) in [6.45, 7) is 1.91. The van der Waals surface area contributed by atoms with Crippen molar-refractivity contribution in [3.63, 3.8) is 0 Å². The fourth-order valence-electron chi connectivity index (χ4n) is 1.55. The molecule has 0 aliphatic heterocycles. The van der Waals surface area contributed by atoms with Gasteiger partial charge in [-0.3, -0.25) is 4.79 Å². The second kappa shape index (κ2) is 8.18. The number of carbonyl (C=O) groups excluding carboxylic acids is 1. The summed E-state index contributed by atoms with van der Waals surface area (Å²) >= 11 is 1.82. The molecule has 0 amide bonds. The molecular formula is C14H20O2S. The van der Waals surface area contributed by atoms with E-state index in [-0.39, 0.29) is 11.9 Å². The summed E-state index contributed by atoms with van der Waals surface area (Å²) < 4.78 is 4.69. The minimum atomic E-state index is -0.111. The van der Waals surface area contributed by atoms with E-state index in [0.29, 0.717) is 0 Å². The first kappa shape index (κ1) is 14.1. The molecule has 0 aromatic heterocycles. The molecule has 1 aromatic rings. The van der Waals surface area contributed by atoms with Gasteiger partial charge in [0, 0.05) is 5.75 Å².